The third-order valence-electron chi connectivity index (χ3n) is 4.18. The molecule has 2 amide bonds. The van der Waals surface area contributed by atoms with Crippen LogP contribution < -0.4 is 16.2 Å². The highest BCUT2D eigenvalue weighted by molar-refractivity contribution is 7.12. The van der Waals surface area contributed by atoms with E-state index in [0.717, 1.165) is 0 Å². The van der Waals surface area contributed by atoms with E-state index in [1.54, 1.807) is 43.4 Å². The van der Waals surface area contributed by atoms with Crippen molar-refractivity contribution in [3.05, 3.63) is 69.5 Å². The first-order chi connectivity index (χ1) is 14.0. The molecule has 0 unspecified atom stereocenters. The van der Waals surface area contributed by atoms with Crippen molar-refractivity contribution >= 4 is 45.6 Å². The Morgan fingerprint density at radius 2 is 1.93 bits per heavy atom. The van der Waals surface area contributed by atoms with E-state index in [9.17, 15) is 14.4 Å². The van der Waals surface area contributed by atoms with Gasteiger partial charge in [0, 0.05) is 18.4 Å². The molecule has 4 rings (SSSR count). The number of aromatic nitrogens is 4. The normalized spacial score (nSPS) is 10.8. The summed E-state index contributed by atoms with van der Waals surface area (Å²) in [4.78, 5) is 41.8. The van der Waals surface area contributed by atoms with Crippen LogP contribution in [0.25, 0.3) is 11.0 Å². The SMILES string of the molecule is Cn1ncc2c(=O)n(CC(=O)Nc3cccc(NC(=O)c4cccs4)c3)cnc21. The molecule has 2 N–H and O–H groups in total. The van der Waals surface area contributed by atoms with Crippen LogP contribution in [-0.4, -0.2) is 31.1 Å². The molecule has 0 spiro atoms. The number of carbonyl (C=O) groups is 2. The second kappa shape index (κ2) is 7.68. The number of rotatable bonds is 5. The molecule has 4 aromatic rings. The Kier molecular flexibility index (Phi) is 4.92. The Morgan fingerprint density at radius 1 is 1.14 bits per heavy atom. The fraction of sp³-hybridized carbons (Fsp3) is 0.105. The number of aryl methyl sites for hydroxylation is 1. The van der Waals surface area contributed by atoms with Gasteiger partial charge in [-0.25, -0.2) is 4.98 Å². The second-order valence-corrected chi connectivity index (χ2v) is 7.19. The molecule has 9 nitrogen and oxygen atoms in total. The number of nitrogens with one attached hydrogen (secondary N) is 2. The topological polar surface area (TPSA) is 111 Å². The largest absolute Gasteiger partial charge is 0.324 e. The average Bonchev–Trinajstić information content (AvgIpc) is 3.35. The highest BCUT2D eigenvalue weighted by Crippen LogP contribution is 2.17. The lowest BCUT2D eigenvalue weighted by Gasteiger charge is -2.09. The Labute approximate surface area is 168 Å². The number of nitrogens with zero attached hydrogens (tertiary/aromatic N) is 4. The van der Waals surface area contributed by atoms with Crippen molar-refractivity contribution in [2.75, 3.05) is 10.6 Å². The average molecular weight is 408 g/mol. The zero-order valence-corrected chi connectivity index (χ0v) is 16.1. The third-order valence-corrected chi connectivity index (χ3v) is 5.05. The second-order valence-electron chi connectivity index (χ2n) is 6.24. The molecule has 1 aromatic carbocycles. The molecule has 0 aliphatic rings. The number of hydrogen-bond acceptors (Lipinski definition) is 6. The van der Waals surface area contributed by atoms with Crippen LogP contribution in [0.4, 0.5) is 11.4 Å². The zero-order valence-electron chi connectivity index (χ0n) is 15.3. The van der Waals surface area contributed by atoms with E-state index in [4.69, 9.17) is 0 Å². The Balaban J connectivity index is 1.45. The molecule has 29 heavy (non-hydrogen) atoms. The van der Waals surface area contributed by atoms with Gasteiger partial charge in [0.2, 0.25) is 5.91 Å². The van der Waals surface area contributed by atoms with Crippen LogP contribution in [0.15, 0.2) is 59.1 Å². The molecule has 0 aliphatic carbocycles. The van der Waals surface area contributed by atoms with Crippen molar-refractivity contribution in [1.82, 2.24) is 19.3 Å². The zero-order chi connectivity index (χ0) is 20.4. The maximum Gasteiger partial charge on any atom is 0.265 e. The fourth-order valence-electron chi connectivity index (χ4n) is 2.81. The standard InChI is InChI=1S/C19H16N6O3S/c1-24-17-14(9-21-24)19(28)25(11-20-17)10-16(26)22-12-4-2-5-13(8-12)23-18(27)15-6-3-7-29-15/h2-9,11H,10H2,1H3,(H,22,26)(H,23,27). The lowest BCUT2D eigenvalue weighted by atomic mass is 10.2. The maximum atomic E-state index is 12.5. The summed E-state index contributed by atoms with van der Waals surface area (Å²) >= 11 is 1.34. The molecule has 0 saturated heterocycles. The van der Waals surface area contributed by atoms with Crippen molar-refractivity contribution in [2.45, 2.75) is 6.54 Å². The summed E-state index contributed by atoms with van der Waals surface area (Å²) in [6.07, 6.45) is 2.75. The van der Waals surface area contributed by atoms with E-state index in [0.29, 0.717) is 27.3 Å². The summed E-state index contributed by atoms with van der Waals surface area (Å²) in [5.74, 6) is -0.607. The van der Waals surface area contributed by atoms with Crippen LogP contribution in [0.2, 0.25) is 0 Å². The molecule has 10 heteroatoms. The van der Waals surface area contributed by atoms with Gasteiger partial charge in [0.15, 0.2) is 5.65 Å². The van der Waals surface area contributed by atoms with Crippen LogP contribution in [0.1, 0.15) is 9.67 Å². The van der Waals surface area contributed by atoms with Gasteiger partial charge in [-0.3, -0.25) is 23.6 Å². The molecule has 0 atom stereocenters. The van der Waals surface area contributed by atoms with Crippen LogP contribution in [0.5, 0.6) is 0 Å². The number of benzene rings is 1. The van der Waals surface area contributed by atoms with Gasteiger partial charge in [-0.15, -0.1) is 11.3 Å². The van der Waals surface area contributed by atoms with Crippen molar-refractivity contribution < 1.29 is 9.59 Å². The summed E-state index contributed by atoms with van der Waals surface area (Å²) in [5.41, 5.74) is 1.18. The smallest absolute Gasteiger partial charge is 0.265 e. The minimum atomic E-state index is -0.390. The summed E-state index contributed by atoms with van der Waals surface area (Å²) < 4.78 is 2.72. The van der Waals surface area contributed by atoms with Gasteiger partial charge in [-0.05, 0) is 29.6 Å². The summed E-state index contributed by atoms with van der Waals surface area (Å²) in [6.45, 7) is -0.192. The van der Waals surface area contributed by atoms with Gasteiger partial charge in [0.1, 0.15) is 18.3 Å². The molecule has 146 valence electrons. The van der Waals surface area contributed by atoms with Gasteiger partial charge in [0.25, 0.3) is 11.5 Å². The molecular formula is C19H16N6O3S. The first-order valence-corrected chi connectivity index (χ1v) is 9.51. The summed E-state index contributed by atoms with van der Waals surface area (Å²) in [6, 6.07) is 10.3. The molecular weight excluding hydrogens is 392 g/mol. The molecule has 0 aliphatic heterocycles. The van der Waals surface area contributed by atoms with Gasteiger partial charge in [-0.1, -0.05) is 12.1 Å². The van der Waals surface area contributed by atoms with E-state index in [1.165, 1.54) is 33.1 Å². The first kappa shape index (κ1) is 18.6. The van der Waals surface area contributed by atoms with Gasteiger partial charge < -0.3 is 10.6 Å². The van der Waals surface area contributed by atoms with Crippen LogP contribution in [0, 0.1) is 0 Å². The predicted octanol–water partition coefficient (Wildman–Crippen LogP) is 2.08. The molecule has 0 fully saturated rings. The molecule has 3 aromatic heterocycles. The number of carbonyl (C=O) groups excluding carboxylic acids is 2. The number of hydrogen-bond donors (Lipinski definition) is 2. The first-order valence-electron chi connectivity index (χ1n) is 8.63. The van der Waals surface area contributed by atoms with Crippen molar-refractivity contribution in [2.24, 2.45) is 7.05 Å². The summed E-state index contributed by atoms with van der Waals surface area (Å²) in [7, 11) is 1.69. The van der Waals surface area contributed by atoms with E-state index < -0.39 is 0 Å². The van der Waals surface area contributed by atoms with Crippen molar-refractivity contribution in [3.63, 3.8) is 0 Å². The predicted molar refractivity (Wildman–Crippen MR) is 110 cm³/mol. The van der Waals surface area contributed by atoms with E-state index >= 15 is 0 Å². The van der Waals surface area contributed by atoms with Crippen LogP contribution in [-0.2, 0) is 18.4 Å². The van der Waals surface area contributed by atoms with Crippen molar-refractivity contribution in [3.8, 4) is 0 Å². The fourth-order valence-corrected chi connectivity index (χ4v) is 3.43. The Bertz CT molecular complexity index is 1260. The Hall–Kier alpha value is -3.79. The molecule has 3 heterocycles. The Morgan fingerprint density at radius 3 is 2.69 bits per heavy atom. The summed E-state index contributed by atoms with van der Waals surface area (Å²) in [5, 5.41) is 11.7. The number of amides is 2. The highest BCUT2D eigenvalue weighted by atomic mass is 32.1. The lowest BCUT2D eigenvalue weighted by Crippen LogP contribution is -2.27. The van der Waals surface area contributed by atoms with Gasteiger partial charge >= 0.3 is 0 Å². The van der Waals surface area contributed by atoms with Crippen LogP contribution >= 0.6 is 11.3 Å². The highest BCUT2D eigenvalue weighted by Gasteiger charge is 2.12. The van der Waals surface area contributed by atoms with E-state index in [-0.39, 0.29) is 23.9 Å². The van der Waals surface area contributed by atoms with Crippen molar-refractivity contribution in [1.29, 1.82) is 0 Å². The van der Waals surface area contributed by atoms with E-state index in [1.807, 2.05) is 5.38 Å². The third kappa shape index (κ3) is 3.92. The van der Waals surface area contributed by atoms with Gasteiger partial charge in [-0.2, -0.15) is 5.10 Å². The number of anilines is 2. The minimum absolute atomic E-state index is 0.192. The molecule has 0 radical (unpaired) electrons. The number of thiophene rings is 1. The van der Waals surface area contributed by atoms with Gasteiger partial charge in [0.05, 0.1) is 11.1 Å². The quantitative estimate of drug-likeness (QED) is 0.525. The number of fused-ring (bicyclic) bond motifs is 1. The lowest BCUT2D eigenvalue weighted by molar-refractivity contribution is -0.116. The minimum Gasteiger partial charge on any atom is -0.324 e. The maximum absolute atomic E-state index is 12.5. The molecule has 0 saturated carbocycles. The van der Waals surface area contributed by atoms with E-state index in [2.05, 4.69) is 20.7 Å². The van der Waals surface area contributed by atoms with Crippen LogP contribution in [0.3, 0.4) is 0 Å². The molecule has 0 bridgehead atoms. The monoisotopic (exact) mass is 408 g/mol.